The number of nitrogen functional groups attached to an aromatic ring is 1. The number of rotatable bonds is 4. The number of halogens is 3. The lowest BCUT2D eigenvalue weighted by Gasteiger charge is -2.17. The molecule has 0 unspecified atom stereocenters. The van der Waals surface area contributed by atoms with E-state index in [-0.39, 0.29) is 5.56 Å². The van der Waals surface area contributed by atoms with Crippen LogP contribution in [0.15, 0.2) is 27.4 Å². The maximum atomic E-state index is 13.6. The van der Waals surface area contributed by atoms with Gasteiger partial charge in [0.05, 0.1) is 3.79 Å². The van der Waals surface area contributed by atoms with E-state index < -0.39 is 23.2 Å². The van der Waals surface area contributed by atoms with Crippen LogP contribution in [0.3, 0.4) is 0 Å². The van der Waals surface area contributed by atoms with Gasteiger partial charge in [0.25, 0.3) is 5.91 Å². The monoisotopic (exact) mass is 375 g/mol. The fourth-order valence-corrected chi connectivity index (χ4v) is 3.03. The number of nitrogens with one attached hydrogen (secondary N) is 1. The van der Waals surface area contributed by atoms with Gasteiger partial charge in [-0.3, -0.25) is 10.6 Å². The first-order valence-electron chi connectivity index (χ1n) is 5.86. The van der Waals surface area contributed by atoms with E-state index in [1.165, 1.54) is 16.2 Å². The van der Waals surface area contributed by atoms with Crippen LogP contribution in [0, 0.1) is 11.6 Å². The van der Waals surface area contributed by atoms with Crippen LogP contribution < -0.4 is 11.3 Å². The Morgan fingerprint density at radius 1 is 1.38 bits per heavy atom. The number of carbonyl (C=O) groups excluding carboxylic acids is 1. The van der Waals surface area contributed by atoms with Gasteiger partial charge in [-0.15, -0.1) is 11.3 Å². The molecule has 0 fully saturated rings. The van der Waals surface area contributed by atoms with Crippen molar-refractivity contribution < 1.29 is 13.6 Å². The van der Waals surface area contributed by atoms with Crippen molar-refractivity contribution >= 4 is 38.9 Å². The maximum Gasteiger partial charge on any atom is 0.254 e. The largest absolute Gasteiger partial charge is 0.337 e. The number of hydrogen-bond acceptors (Lipinski definition) is 4. The minimum absolute atomic E-state index is 0.0687. The van der Waals surface area contributed by atoms with Crippen LogP contribution in [0.4, 0.5) is 14.5 Å². The minimum Gasteiger partial charge on any atom is -0.337 e. The first kappa shape index (κ1) is 15.9. The molecule has 0 aliphatic carbocycles. The van der Waals surface area contributed by atoms with E-state index in [1.54, 1.807) is 7.05 Å². The molecule has 3 N–H and O–H groups in total. The molecule has 1 aromatic heterocycles. The normalized spacial score (nSPS) is 10.5. The van der Waals surface area contributed by atoms with Gasteiger partial charge < -0.3 is 10.3 Å². The summed E-state index contributed by atoms with van der Waals surface area (Å²) in [7, 11) is 1.57. The molecule has 0 saturated carbocycles. The van der Waals surface area contributed by atoms with Gasteiger partial charge in [-0.2, -0.15) is 0 Å². The third kappa shape index (κ3) is 3.58. The fraction of sp³-hybridized carbons (Fsp3) is 0.154. The summed E-state index contributed by atoms with van der Waals surface area (Å²) in [5.41, 5.74) is 2.33. The molecule has 1 aromatic carbocycles. The Morgan fingerprint density at radius 3 is 2.48 bits per heavy atom. The number of nitrogens with two attached hydrogens (primary N) is 1. The molecule has 0 spiro atoms. The van der Waals surface area contributed by atoms with E-state index in [9.17, 15) is 13.6 Å². The second kappa shape index (κ2) is 6.50. The predicted octanol–water partition coefficient (Wildman–Crippen LogP) is 3.35. The second-order valence-corrected chi connectivity index (χ2v) is 6.67. The van der Waals surface area contributed by atoms with Crippen molar-refractivity contribution in [3.05, 3.63) is 50.1 Å². The maximum absolute atomic E-state index is 13.6. The second-order valence-electron chi connectivity index (χ2n) is 4.38. The van der Waals surface area contributed by atoms with Crippen LogP contribution >= 0.6 is 27.3 Å². The molecule has 4 nitrogen and oxygen atoms in total. The van der Waals surface area contributed by atoms with Crippen molar-refractivity contribution in [2.24, 2.45) is 5.84 Å². The predicted molar refractivity (Wildman–Crippen MR) is 82.0 cm³/mol. The van der Waals surface area contributed by atoms with Crippen molar-refractivity contribution in [1.82, 2.24) is 4.90 Å². The van der Waals surface area contributed by atoms with Crippen molar-refractivity contribution in [2.45, 2.75) is 6.54 Å². The van der Waals surface area contributed by atoms with E-state index in [0.717, 1.165) is 21.5 Å². The molecule has 0 aliphatic heterocycles. The number of thiophene rings is 1. The third-order valence-electron chi connectivity index (χ3n) is 2.82. The summed E-state index contributed by atoms with van der Waals surface area (Å²) in [6, 6.07) is 3.80. The zero-order valence-electron chi connectivity index (χ0n) is 11.0. The van der Waals surface area contributed by atoms with Gasteiger partial charge in [0.15, 0.2) is 11.6 Å². The summed E-state index contributed by atoms with van der Waals surface area (Å²) in [6.45, 7) is 0.348. The first-order valence-corrected chi connectivity index (χ1v) is 7.53. The summed E-state index contributed by atoms with van der Waals surface area (Å²) in [5, 5.41) is 1.90. The van der Waals surface area contributed by atoms with Crippen LogP contribution in [-0.4, -0.2) is 17.9 Å². The van der Waals surface area contributed by atoms with E-state index in [2.05, 4.69) is 15.9 Å². The van der Waals surface area contributed by atoms with E-state index in [0.29, 0.717) is 6.54 Å². The average Bonchev–Trinajstić information content (AvgIpc) is 2.82. The fourth-order valence-electron chi connectivity index (χ4n) is 1.83. The molecular formula is C13H12BrF2N3OS. The Bertz CT molecular complexity index is 654. The van der Waals surface area contributed by atoms with Crippen LogP contribution in [-0.2, 0) is 6.54 Å². The highest BCUT2D eigenvalue weighted by atomic mass is 79.9. The zero-order chi connectivity index (χ0) is 15.6. The Hall–Kier alpha value is -1.51. The van der Waals surface area contributed by atoms with E-state index in [4.69, 9.17) is 5.84 Å². The molecule has 0 radical (unpaired) electrons. The number of hydrazine groups is 1. The van der Waals surface area contributed by atoms with Gasteiger partial charge in [0, 0.05) is 19.2 Å². The van der Waals surface area contributed by atoms with Crippen LogP contribution in [0.5, 0.6) is 0 Å². The third-order valence-corrected chi connectivity index (χ3v) is 4.37. The molecule has 0 saturated heterocycles. The zero-order valence-corrected chi connectivity index (χ0v) is 13.4. The summed E-state index contributed by atoms with van der Waals surface area (Å²) < 4.78 is 28.2. The average molecular weight is 376 g/mol. The lowest BCUT2D eigenvalue weighted by Crippen LogP contribution is -2.26. The van der Waals surface area contributed by atoms with Gasteiger partial charge in [-0.25, -0.2) is 8.78 Å². The molecule has 0 bridgehead atoms. The molecule has 8 heteroatoms. The highest BCUT2D eigenvalue weighted by Crippen LogP contribution is 2.23. The summed E-state index contributed by atoms with van der Waals surface area (Å²) in [4.78, 5) is 13.6. The molecular weight excluding hydrogens is 364 g/mol. The molecule has 1 heterocycles. The molecule has 2 rings (SSSR count). The molecule has 0 aliphatic rings. The summed E-state index contributed by atoms with van der Waals surface area (Å²) >= 11 is 4.84. The molecule has 21 heavy (non-hydrogen) atoms. The SMILES string of the molecule is CN(Cc1csc(Br)c1)C(=O)c1cc(F)c(NN)c(F)c1. The Morgan fingerprint density at radius 2 is 2.00 bits per heavy atom. The van der Waals surface area contributed by atoms with Crippen molar-refractivity contribution in [3.8, 4) is 0 Å². The quantitative estimate of drug-likeness (QED) is 0.636. The highest BCUT2D eigenvalue weighted by Gasteiger charge is 2.18. The van der Waals surface area contributed by atoms with Crippen LogP contribution in [0.25, 0.3) is 0 Å². The lowest BCUT2D eigenvalue weighted by molar-refractivity contribution is 0.0784. The number of carbonyl (C=O) groups is 1. The van der Waals surface area contributed by atoms with Gasteiger partial charge in [-0.05, 0) is 45.1 Å². The summed E-state index contributed by atoms with van der Waals surface area (Å²) in [6.07, 6.45) is 0. The van der Waals surface area contributed by atoms with Gasteiger partial charge in [-0.1, -0.05) is 0 Å². The Kier molecular flexibility index (Phi) is 4.92. The van der Waals surface area contributed by atoms with Crippen LogP contribution in [0.2, 0.25) is 0 Å². The number of amides is 1. The van der Waals surface area contributed by atoms with Crippen molar-refractivity contribution in [2.75, 3.05) is 12.5 Å². The number of nitrogens with zero attached hydrogens (tertiary/aromatic N) is 1. The lowest BCUT2D eigenvalue weighted by atomic mass is 10.1. The van der Waals surface area contributed by atoms with Crippen molar-refractivity contribution in [1.29, 1.82) is 0 Å². The molecule has 112 valence electrons. The van der Waals surface area contributed by atoms with Crippen LogP contribution in [0.1, 0.15) is 15.9 Å². The Labute approximate surface area is 132 Å². The van der Waals surface area contributed by atoms with Gasteiger partial charge >= 0.3 is 0 Å². The highest BCUT2D eigenvalue weighted by molar-refractivity contribution is 9.11. The summed E-state index contributed by atoms with van der Waals surface area (Å²) in [5.74, 6) is 2.72. The van der Waals surface area contributed by atoms with Gasteiger partial charge in [0.1, 0.15) is 5.69 Å². The number of benzene rings is 1. The Balaban J connectivity index is 2.19. The molecule has 1 amide bonds. The number of hydrogen-bond donors (Lipinski definition) is 2. The smallest absolute Gasteiger partial charge is 0.254 e. The van der Waals surface area contributed by atoms with E-state index >= 15 is 0 Å². The molecule has 0 atom stereocenters. The van der Waals surface area contributed by atoms with Crippen molar-refractivity contribution in [3.63, 3.8) is 0 Å². The number of anilines is 1. The van der Waals surface area contributed by atoms with Gasteiger partial charge in [0.2, 0.25) is 0 Å². The first-order chi connectivity index (χ1) is 9.92. The topological polar surface area (TPSA) is 58.4 Å². The minimum atomic E-state index is -0.910. The standard InChI is InChI=1S/C13H12BrF2N3OS/c1-19(5-7-2-11(14)21-6-7)13(20)8-3-9(15)12(18-17)10(16)4-8/h2-4,6,18H,5,17H2,1H3. The molecule has 2 aromatic rings. The van der Waals surface area contributed by atoms with E-state index in [1.807, 2.05) is 16.9 Å².